The lowest BCUT2D eigenvalue weighted by molar-refractivity contribution is -0.139. The van der Waals surface area contributed by atoms with Gasteiger partial charge in [0, 0.05) is 21.8 Å². The number of phenols is 1. The fourth-order valence-corrected chi connectivity index (χ4v) is 6.41. The van der Waals surface area contributed by atoms with Crippen molar-refractivity contribution in [2.24, 2.45) is 0 Å². The van der Waals surface area contributed by atoms with Gasteiger partial charge in [-0.3, -0.25) is 15.0 Å². The number of anilines is 1. The lowest BCUT2D eigenvalue weighted by atomic mass is 9.93. The summed E-state index contributed by atoms with van der Waals surface area (Å²) in [6.07, 6.45) is 0. The van der Waals surface area contributed by atoms with Gasteiger partial charge >= 0.3 is 6.03 Å². The van der Waals surface area contributed by atoms with E-state index in [1.807, 2.05) is 30.3 Å². The number of hydrogen-bond donors (Lipinski definition) is 5. The average Bonchev–Trinajstić information content (AvgIpc) is 3.42. The van der Waals surface area contributed by atoms with Crippen molar-refractivity contribution < 1.29 is 19.5 Å². The number of carbonyl (C=O) groups excluding carboxylic acids is 3. The Hall–Kier alpha value is -4.25. The molecule has 4 amide bonds. The van der Waals surface area contributed by atoms with E-state index in [0.29, 0.717) is 21.8 Å². The Kier molecular flexibility index (Phi) is 6.30. The van der Waals surface area contributed by atoms with E-state index in [1.165, 1.54) is 0 Å². The Balaban J connectivity index is 1.30. The van der Waals surface area contributed by atoms with Crippen LogP contribution in [0.3, 0.4) is 0 Å². The van der Waals surface area contributed by atoms with Crippen LogP contribution in [-0.2, 0) is 14.5 Å². The van der Waals surface area contributed by atoms with E-state index in [0.717, 1.165) is 33.1 Å². The van der Waals surface area contributed by atoms with E-state index in [1.54, 1.807) is 54.6 Å². The maximum absolute atomic E-state index is 13.2. The fourth-order valence-electron chi connectivity index (χ4n) is 5.03. The van der Waals surface area contributed by atoms with Gasteiger partial charge in [-0.05, 0) is 40.6 Å². The molecule has 11 heteroatoms. The summed E-state index contributed by atoms with van der Waals surface area (Å²) in [7, 11) is 0. The van der Waals surface area contributed by atoms with Gasteiger partial charge in [0.15, 0.2) is 0 Å². The van der Waals surface area contributed by atoms with Crippen LogP contribution in [0.4, 0.5) is 10.5 Å². The van der Waals surface area contributed by atoms with Crippen molar-refractivity contribution in [3.8, 4) is 5.75 Å². The second kappa shape index (κ2) is 9.81. The van der Waals surface area contributed by atoms with Gasteiger partial charge in [0.25, 0.3) is 11.8 Å². The number of thioether (sulfide) groups is 1. The van der Waals surface area contributed by atoms with Crippen LogP contribution in [0, 0.1) is 0 Å². The first kappa shape index (κ1) is 25.1. The van der Waals surface area contributed by atoms with E-state index in [4.69, 9.17) is 11.6 Å². The third kappa shape index (κ3) is 4.22. The molecule has 0 radical (unpaired) electrons. The maximum Gasteiger partial charge on any atom is 0.348 e. The number of halogens is 1. The number of para-hydroxylation sites is 1. The highest BCUT2D eigenvalue weighted by atomic mass is 35.5. The summed E-state index contributed by atoms with van der Waals surface area (Å²) in [6.45, 7) is 0. The Bertz CT molecular complexity index is 1630. The van der Waals surface area contributed by atoms with Crippen molar-refractivity contribution in [2.75, 3.05) is 11.1 Å². The van der Waals surface area contributed by atoms with Gasteiger partial charge in [0.1, 0.15) is 5.75 Å². The quantitative estimate of drug-likeness (QED) is 0.231. The van der Waals surface area contributed by atoms with E-state index < -0.39 is 28.8 Å². The summed E-state index contributed by atoms with van der Waals surface area (Å²) in [5.41, 5.74) is 10.6. The van der Waals surface area contributed by atoms with Crippen LogP contribution in [0.1, 0.15) is 22.7 Å². The number of hydrogen-bond acceptors (Lipinski definition) is 6. The minimum atomic E-state index is -1.41. The smallest absolute Gasteiger partial charge is 0.348 e. The molecule has 9 nitrogen and oxygen atoms in total. The molecule has 0 aromatic heterocycles. The Morgan fingerprint density at radius 1 is 1.00 bits per heavy atom. The molecule has 6 rings (SSSR count). The average molecular weight is 560 g/mol. The van der Waals surface area contributed by atoms with Gasteiger partial charge in [-0.1, -0.05) is 72.3 Å². The molecule has 2 aliphatic rings. The molecule has 5 N–H and O–H groups in total. The van der Waals surface area contributed by atoms with Crippen LogP contribution >= 0.6 is 23.4 Å². The fraction of sp³-hybridized carbons (Fsp3) is 0.107. The van der Waals surface area contributed by atoms with Crippen LogP contribution in [0.15, 0.2) is 84.9 Å². The lowest BCUT2D eigenvalue weighted by Crippen LogP contribution is -2.59. The predicted octanol–water partition coefficient (Wildman–Crippen LogP) is 4.39. The molecule has 4 aromatic rings. The zero-order valence-electron chi connectivity index (χ0n) is 20.3. The number of amides is 4. The Morgan fingerprint density at radius 3 is 2.56 bits per heavy atom. The number of fused-ring (bicyclic) bond motifs is 3. The molecule has 196 valence electrons. The zero-order valence-corrected chi connectivity index (χ0v) is 21.8. The minimum Gasteiger partial charge on any atom is -0.508 e. The normalized spacial score (nSPS) is 18.7. The molecule has 2 heterocycles. The van der Waals surface area contributed by atoms with Crippen molar-refractivity contribution in [3.63, 3.8) is 0 Å². The summed E-state index contributed by atoms with van der Waals surface area (Å²) in [6, 6.07) is 23.6. The summed E-state index contributed by atoms with van der Waals surface area (Å²) < 4.78 is 0. The van der Waals surface area contributed by atoms with Gasteiger partial charge in [-0.2, -0.15) is 0 Å². The predicted molar refractivity (Wildman–Crippen MR) is 150 cm³/mol. The Labute approximate surface area is 232 Å². The molecule has 4 aromatic carbocycles. The number of benzene rings is 4. The zero-order chi connectivity index (χ0) is 27.1. The van der Waals surface area contributed by atoms with E-state index >= 15 is 0 Å². The highest BCUT2D eigenvalue weighted by Gasteiger charge is 2.58. The largest absolute Gasteiger partial charge is 0.508 e. The highest BCUT2D eigenvalue weighted by Crippen LogP contribution is 2.51. The van der Waals surface area contributed by atoms with Crippen LogP contribution in [0.2, 0.25) is 5.02 Å². The summed E-state index contributed by atoms with van der Waals surface area (Å²) in [4.78, 5) is 37.7. The monoisotopic (exact) mass is 559 g/mol. The first-order chi connectivity index (χ1) is 18.9. The molecular formula is C28H22ClN5O4S. The number of hydrazine groups is 2. The van der Waals surface area contributed by atoms with E-state index in [-0.39, 0.29) is 11.5 Å². The second-order valence-electron chi connectivity index (χ2n) is 9.08. The molecular weight excluding hydrogens is 538 g/mol. The van der Waals surface area contributed by atoms with Crippen molar-refractivity contribution in [3.05, 3.63) is 107 Å². The summed E-state index contributed by atoms with van der Waals surface area (Å²) >= 11 is 7.25. The highest BCUT2D eigenvalue weighted by molar-refractivity contribution is 8.02. The maximum atomic E-state index is 13.2. The third-order valence-electron chi connectivity index (χ3n) is 6.80. The molecule has 1 spiro atoms. The molecule has 2 aliphatic heterocycles. The van der Waals surface area contributed by atoms with Gasteiger partial charge < -0.3 is 10.4 Å². The van der Waals surface area contributed by atoms with E-state index in [2.05, 4.69) is 21.6 Å². The number of aromatic hydroxyl groups is 1. The van der Waals surface area contributed by atoms with Crippen molar-refractivity contribution in [1.82, 2.24) is 21.3 Å². The van der Waals surface area contributed by atoms with E-state index in [9.17, 15) is 19.5 Å². The summed E-state index contributed by atoms with van der Waals surface area (Å²) in [5, 5.41) is 17.0. The molecule has 2 unspecified atom stereocenters. The van der Waals surface area contributed by atoms with Crippen LogP contribution < -0.4 is 21.6 Å². The van der Waals surface area contributed by atoms with Crippen LogP contribution in [-0.4, -0.2) is 33.7 Å². The van der Waals surface area contributed by atoms with Crippen molar-refractivity contribution in [1.29, 1.82) is 0 Å². The van der Waals surface area contributed by atoms with Crippen LogP contribution in [0.5, 0.6) is 5.75 Å². The van der Waals surface area contributed by atoms with Gasteiger partial charge in [0.05, 0.1) is 11.8 Å². The molecule has 1 saturated heterocycles. The molecule has 1 fully saturated rings. The number of nitrogens with one attached hydrogen (secondary N) is 4. The van der Waals surface area contributed by atoms with Crippen molar-refractivity contribution >= 4 is 57.7 Å². The van der Waals surface area contributed by atoms with Gasteiger partial charge in [-0.15, -0.1) is 11.8 Å². The lowest BCUT2D eigenvalue weighted by Gasteiger charge is -2.32. The number of rotatable bonds is 5. The molecule has 2 atom stereocenters. The number of carbonyl (C=O) groups is 3. The molecule has 0 aliphatic carbocycles. The van der Waals surface area contributed by atoms with Crippen LogP contribution in [0.25, 0.3) is 10.8 Å². The molecule has 39 heavy (non-hydrogen) atoms. The Morgan fingerprint density at radius 2 is 1.74 bits per heavy atom. The minimum absolute atomic E-state index is 0.0206. The first-order valence-electron chi connectivity index (χ1n) is 12.0. The topological polar surface area (TPSA) is 123 Å². The second-order valence-corrected chi connectivity index (χ2v) is 10.7. The SMILES string of the molecule is O=C(NNC(c1ccc(Cl)cc1)c1c(O)ccc2ccccc12)NN1C(=O)CSC12C(=O)Nc1ccccc12. The first-order valence-corrected chi connectivity index (χ1v) is 13.4. The van der Waals surface area contributed by atoms with Gasteiger partial charge in [-0.25, -0.2) is 20.7 Å². The molecule has 0 bridgehead atoms. The number of nitrogens with zero attached hydrogens (tertiary/aromatic N) is 1. The third-order valence-corrected chi connectivity index (χ3v) is 8.45. The van der Waals surface area contributed by atoms with Crippen molar-refractivity contribution in [2.45, 2.75) is 10.9 Å². The van der Waals surface area contributed by atoms with Gasteiger partial charge in [0.2, 0.25) is 4.87 Å². The summed E-state index contributed by atoms with van der Waals surface area (Å²) in [5.74, 6) is -0.768. The number of urea groups is 1. The standard InChI is InChI=1S/C28H22ClN5O4S/c29-18-12-9-17(10-13-18)25(24-19-6-2-1-5-16(19)11-14-22(24)35)31-32-27(38)33-34-23(36)15-39-28(34)20-7-3-4-8-21(20)30-26(28)37/h1-14,25,31,35H,15H2,(H,30,37)(H2,32,33,38). The molecule has 0 saturated carbocycles. The number of phenolic OH excluding ortho intramolecular Hbond substituents is 1.